The van der Waals surface area contributed by atoms with Gasteiger partial charge < -0.3 is 15.4 Å². The van der Waals surface area contributed by atoms with Crippen molar-refractivity contribution in [3.8, 4) is 0 Å². The molecule has 0 saturated heterocycles. The van der Waals surface area contributed by atoms with Crippen molar-refractivity contribution in [2.45, 2.75) is 69.4 Å². The Bertz CT molecular complexity index is 2370. The van der Waals surface area contributed by atoms with Crippen LogP contribution in [-0.2, 0) is 33.3 Å². The van der Waals surface area contributed by atoms with Gasteiger partial charge in [-0.15, -0.1) is 0 Å². The van der Waals surface area contributed by atoms with E-state index in [4.69, 9.17) is 16.3 Å². The average molecular weight is 750 g/mol. The first-order valence-corrected chi connectivity index (χ1v) is 18.3. The van der Waals surface area contributed by atoms with Crippen LogP contribution in [0.5, 0.6) is 0 Å². The molecule has 2 heterocycles. The lowest BCUT2D eigenvalue weighted by Gasteiger charge is -2.21. The molecule has 15 heteroatoms. The molecule has 0 aliphatic heterocycles. The van der Waals surface area contributed by atoms with E-state index in [2.05, 4.69) is 20.7 Å². The molecule has 2 N–H and O–H groups in total. The number of ether oxygens (including phenoxy) is 1. The van der Waals surface area contributed by atoms with E-state index < -0.39 is 56.7 Å². The van der Waals surface area contributed by atoms with Crippen molar-refractivity contribution in [1.29, 1.82) is 0 Å². The Hall–Kier alpha value is -5.21. The minimum absolute atomic E-state index is 0.183. The maximum Gasteiger partial charge on any atom is 0.338 e. The fourth-order valence-electron chi connectivity index (χ4n) is 6.08. The summed E-state index contributed by atoms with van der Waals surface area (Å²) in [6.45, 7) is 6.97. The Morgan fingerprint density at radius 3 is 2.48 bits per heavy atom. The number of fused-ring (bicyclic) bond motifs is 2. The number of hydrogen-bond acceptors (Lipinski definition) is 8. The predicted octanol–water partition coefficient (Wildman–Crippen LogP) is 6.25. The summed E-state index contributed by atoms with van der Waals surface area (Å²) in [4.78, 5) is 44.3. The number of aromatic nitrogens is 3. The highest BCUT2D eigenvalue weighted by atomic mass is 35.5. The van der Waals surface area contributed by atoms with Gasteiger partial charge in [-0.25, -0.2) is 31.5 Å². The second kappa shape index (κ2) is 14.1. The van der Waals surface area contributed by atoms with Gasteiger partial charge >= 0.3 is 5.97 Å². The van der Waals surface area contributed by atoms with Crippen molar-refractivity contribution in [1.82, 2.24) is 25.2 Å². The van der Waals surface area contributed by atoms with Gasteiger partial charge in [-0.05, 0) is 92.6 Å². The summed E-state index contributed by atoms with van der Waals surface area (Å²) < 4.78 is 61.3. The van der Waals surface area contributed by atoms with Crippen LogP contribution in [0.3, 0.4) is 0 Å². The fourth-order valence-corrected chi connectivity index (χ4v) is 7.79. The molecule has 6 rings (SSSR count). The second-order valence-electron chi connectivity index (χ2n) is 13.4. The summed E-state index contributed by atoms with van der Waals surface area (Å²) in [5, 5.41) is 9.95. The number of esters is 1. The summed E-state index contributed by atoms with van der Waals surface area (Å²) >= 11 is 6.25. The third kappa shape index (κ3) is 7.53. The SMILES string of the molecule is Cc1c(C(=O)OC(C)(C)C)ccc2c1CC[C@@H]2NC(=O)c1cc(C(=O)NCc2ccc(F)c(F)c2)nc2c(S(=O)(=O)Cc3ccccc3Cl)cnn12. The van der Waals surface area contributed by atoms with Crippen LogP contribution in [0.2, 0.25) is 5.02 Å². The molecule has 52 heavy (non-hydrogen) atoms. The minimum Gasteiger partial charge on any atom is -0.456 e. The van der Waals surface area contributed by atoms with Gasteiger partial charge in [0, 0.05) is 17.6 Å². The third-order valence-corrected chi connectivity index (χ3v) is 10.6. The van der Waals surface area contributed by atoms with Gasteiger partial charge in [0.15, 0.2) is 27.1 Å². The molecule has 270 valence electrons. The molecule has 0 unspecified atom stereocenters. The van der Waals surface area contributed by atoms with Crippen LogP contribution in [0.15, 0.2) is 71.8 Å². The van der Waals surface area contributed by atoms with Crippen molar-refractivity contribution in [2.75, 3.05) is 0 Å². The Labute approximate surface area is 303 Å². The van der Waals surface area contributed by atoms with Crippen LogP contribution in [0.1, 0.15) is 92.4 Å². The van der Waals surface area contributed by atoms with Gasteiger partial charge in [-0.3, -0.25) is 9.59 Å². The largest absolute Gasteiger partial charge is 0.456 e. The Kier molecular flexibility index (Phi) is 9.90. The van der Waals surface area contributed by atoms with E-state index >= 15 is 0 Å². The first kappa shape index (κ1) is 36.6. The quantitative estimate of drug-likeness (QED) is 0.168. The van der Waals surface area contributed by atoms with Gasteiger partial charge in [-0.2, -0.15) is 5.10 Å². The number of amides is 2. The van der Waals surface area contributed by atoms with E-state index in [1.54, 1.807) is 57.2 Å². The zero-order valence-electron chi connectivity index (χ0n) is 28.6. The maximum atomic E-state index is 14.0. The second-order valence-corrected chi connectivity index (χ2v) is 15.8. The molecule has 0 radical (unpaired) electrons. The first-order chi connectivity index (χ1) is 24.5. The van der Waals surface area contributed by atoms with Crippen LogP contribution in [0.25, 0.3) is 5.65 Å². The average Bonchev–Trinajstić information content (AvgIpc) is 3.70. The number of hydrogen-bond donors (Lipinski definition) is 2. The summed E-state index contributed by atoms with van der Waals surface area (Å²) in [5.74, 6) is -4.59. The van der Waals surface area contributed by atoms with Crippen LogP contribution in [0, 0.1) is 18.6 Å². The molecule has 5 aromatic rings. The van der Waals surface area contributed by atoms with E-state index in [1.807, 2.05) is 6.92 Å². The van der Waals surface area contributed by atoms with E-state index in [1.165, 1.54) is 12.1 Å². The molecule has 3 aromatic carbocycles. The normalized spacial score (nSPS) is 14.2. The zero-order chi connectivity index (χ0) is 37.5. The van der Waals surface area contributed by atoms with Crippen LogP contribution in [-0.4, -0.2) is 46.4 Å². The van der Waals surface area contributed by atoms with Gasteiger partial charge in [0.05, 0.1) is 23.6 Å². The Balaban J connectivity index is 1.34. The smallest absolute Gasteiger partial charge is 0.338 e. The lowest BCUT2D eigenvalue weighted by Crippen LogP contribution is -2.31. The Morgan fingerprint density at radius 1 is 1.02 bits per heavy atom. The van der Waals surface area contributed by atoms with E-state index in [0.29, 0.717) is 24.0 Å². The zero-order valence-corrected chi connectivity index (χ0v) is 30.2. The molecular formula is C37H34ClF2N5O6S. The molecule has 0 bridgehead atoms. The number of carbonyl (C=O) groups excluding carboxylic acids is 3. The van der Waals surface area contributed by atoms with Gasteiger partial charge in [0.25, 0.3) is 11.8 Å². The summed E-state index contributed by atoms with van der Waals surface area (Å²) in [6.07, 6.45) is 2.13. The first-order valence-electron chi connectivity index (χ1n) is 16.3. The molecule has 1 aliphatic rings. The van der Waals surface area contributed by atoms with Crippen LogP contribution in [0.4, 0.5) is 8.78 Å². The molecule has 0 spiro atoms. The number of benzene rings is 3. The van der Waals surface area contributed by atoms with E-state index in [9.17, 15) is 31.6 Å². The monoisotopic (exact) mass is 749 g/mol. The number of sulfone groups is 1. The van der Waals surface area contributed by atoms with Crippen LogP contribution >= 0.6 is 11.6 Å². The summed E-state index contributed by atoms with van der Waals surface area (Å²) in [5.41, 5.74) is 2.00. The fraction of sp³-hybridized carbons (Fsp3) is 0.270. The van der Waals surface area contributed by atoms with Crippen molar-refractivity contribution < 1.29 is 36.3 Å². The van der Waals surface area contributed by atoms with Crippen molar-refractivity contribution in [3.63, 3.8) is 0 Å². The number of halogens is 3. The van der Waals surface area contributed by atoms with Gasteiger partial charge in [0.1, 0.15) is 21.9 Å². The van der Waals surface area contributed by atoms with Gasteiger partial charge in [0.2, 0.25) is 0 Å². The van der Waals surface area contributed by atoms with Crippen molar-refractivity contribution in [2.24, 2.45) is 0 Å². The minimum atomic E-state index is -4.17. The lowest BCUT2D eigenvalue weighted by atomic mass is 9.97. The predicted molar refractivity (Wildman–Crippen MR) is 188 cm³/mol. The molecule has 1 atom stereocenters. The topological polar surface area (TPSA) is 149 Å². The summed E-state index contributed by atoms with van der Waals surface area (Å²) in [7, 11) is -4.17. The number of nitrogens with zero attached hydrogens (tertiary/aromatic N) is 3. The molecule has 2 amide bonds. The van der Waals surface area contributed by atoms with E-state index in [0.717, 1.165) is 39.5 Å². The van der Waals surface area contributed by atoms with E-state index in [-0.39, 0.29) is 39.1 Å². The number of carbonyl (C=O) groups is 3. The highest BCUT2D eigenvalue weighted by molar-refractivity contribution is 7.90. The lowest BCUT2D eigenvalue weighted by molar-refractivity contribution is 0.00683. The number of nitrogens with one attached hydrogen (secondary N) is 2. The number of rotatable bonds is 9. The molecule has 0 fully saturated rings. The maximum absolute atomic E-state index is 14.0. The molecule has 2 aromatic heterocycles. The standard InChI is InChI=1S/C37H34ClF2N5O6S/c1-20-23-12-14-29(25(23)11-10-24(20)36(48)51-37(2,3)4)44-35(47)31-16-30(34(46)41-17-21-9-13-27(39)28(40)15-21)43-33-32(18-42-45(31)33)52(49,50)19-22-7-5-6-8-26(22)38/h5-11,13,15-16,18,29H,12,14,17,19H2,1-4H3,(H,41,46)(H,44,47)/t29-/m0/s1. The highest BCUT2D eigenvalue weighted by Gasteiger charge is 2.31. The molecule has 1 aliphatic carbocycles. The molecule has 11 nitrogen and oxygen atoms in total. The highest BCUT2D eigenvalue weighted by Crippen LogP contribution is 2.35. The van der Waals surface area contributed by atoms with Crippen molar-refractivity contribution >= 4 is 44.9 Å². The Morgan fingerprint density at radius 2 is 1.77 bits per heavy atom. The molecular weight excluding hydrogens is 716 g/mol. The van der Waals surface area contributed by atoms with Gasteiger partial charge in [-0.1, -0.05) is 41.9 Å². The summed E-state index contributed by atoms with van der Waals surface area (Å²) in [6, 6.07) is 13.7. The van der Waals surface area contributed by atoms with Crippen LogP contribution < -0.4 is 10.6 Å². The third-order valence-electron chi connectivity index (χ3n) is 8.60. The van der Waals surface area contributed by atoms with Crippen molar-refractivity contribution in [3.05, 3.63) is 128 Å². The molecule has 0 saturated carbocycles.